The molecule has 1 spiro atoms. The smallest absolute Gasteiger partial charge is 0.394 e. The lowest BCUT2D eigenvalue weighted by atomic mass is 9.93. The van der Waals surface area contributed by atoms with Crippen LogP contribution in [0, 0.1) is 23.3 Å². The largest absolute Gasteiger partial charge is 0.448 e. The maximum atomic E-state index is 17.0. The molecule has 4 N–H and O–H groups in total. The van der Waals surface area contributed by atoms with Crippen molar-refractivity contribution in [1.29, 1.82) is 0 Å². The molecule has 4 aliphatic heterocycles. The Morgan fingerprint density at radius 2 is 1.38 bits per heavy atom. The lowest BCUT2D eigenvalue weighted by molar-refractivity contribution is -0.982. The average molecular weight is 846 g/mol. The number of ether oxygens (including phenoxy) is 1. The van der Waals surface area contributed by atoms with Crippen LogP contribution in [0.3, 0.4) is 0 Å². The van der Waals surface area contributed by atoms with Crippen LogP contribution in [0.1, 0.15) is 22.4 Å². The third-order valence-electron chi connectivity index (χ3n) is 11.9. The van der Waals surface area contributed by atoms with Crippen molar-refractivity contribution in [2.75, 3.05) is 13.2 Å². The Hall–Kier alpha value is -6.00. The second kappa shape index (κ2) is 15.2. The summed E-state index contributed by atoms with van der Waals surface area (Å²) in [6.45, 7) is -0.678. The van der Waals surface area contributed by atoms with Crippen LogP contribution < -0.4 is 9.13 Å². The number of benzene rings is 3. The van der Waals surface area contributed by atoms with Gasteiger partial charge in [-0.1, -0.05) is 42.1 Å². The second-order valence-corrected chi connectivity index (χ2v) is 16.3. The highest BCUT2D eigenvalue weighted by Gasteiger charge is 2.64. The lowest BCUT2D eigenvalue weighted by Crippen LogP contribution is -2.76. The highest BCUT2D eigenvalue weighted by atomic mass is 32.2. The van der Waals surface area contributed by atoms with Crippen molar-refractivity contribution in [2.24, 2.45) is 0 Å². The summed E-state index contributed by atoms with van der Waals surface area (Å²) in [7, 11) is 0. The van der Waals surface area contributed by atoms with E-state index in [1.54, 1.807) is 47.5 Å². The molecular weight excluding hydrogens is 809 g/mol. The molecule has 0 aliphatic carbocycles. The molecule has 306 valence electrons. The predicted octanol–water partition coefficient (Wildman–Crippen LogP) is 5.46. The summed E-state index contributed by atoms with van der Waals surface area (Å²) < 4.78 is 80.4. The SMILES string of the molecule is OCC1OC(Sc2c(F)c(F)c(/C3=C4\C=CC=[N+]4CC4(c5ccccc5-c5cccc[n+]54)[n+]4ccccc4-c4ccccc4/C=C\n4cccc43)c(F)c2F)C(O)C(O)C1O. The van der Waals surface area contributed by atoms with Crippen molar-refractivity contribution in [3.8, 4) is 22.5 Å². The van der Waals surface area contributed by atoms with E-state index < -0.39 is 75.8 Å². The average Bonchev–Trinajstić information content (AvgIpc) is 4.02. The molecule has 4 aliphatic rings. The van der Waals surface area contributed by atoms with Crippen LogP contribution in [0.5, 0.6) is 0 Å². The number of halogens is 4. The molecular formula is C47H37F4N4O5S+3. The first-order chi connectivity index (χ1) is 29.6. The molecule has 6 atom stereocenters. The first-order valence-electron chi connectivity index (χ1n) is 19.6. The molecule has 1 fully saturated rings. The van der Waals surface area contributed by atoms with Crippen LogP contribution in [-0.4, -0.2) is 78.8 Å². The molecule has 7 heterocycles. The van der Waals surface area contributed by atoms with Crippen LogP contribution in [0.25, 0.3) is 40.4 Å². The standard InChI is InChI=1S/C47H37F4N4O5S/c48-38-37(39(49)41(51)45(40(38)50)61-46-44(59)43(58)42(57)35(25-56)60-46)36-33-17-9-20-52(33)24-19-27-11-1-2-12-28(27)31-15-5-7-22-54(31)47(26-53-21-10-18-34(36)53)30-14-4-3-13-29(30)32-16-6-8-23-55(32)47/h1-24,35,42-44,46,56-59H,25-26H2/q+3. The number of hydrogen-bond donors (Lipinski definition) is 4. The second-order valence-electron chi connectivity index (χ2n) is 15.1. The van der Waals surface area contributed by atoms with Crippen molar-refractivity contribution in [2.45, 2.75) is 40.4 Å². The molecule has 3 aromatic heterocycles. The van der Waals surface area contributed by atoms with Gasteiger partial charge in [0.25, 0.3) is 6.54 Å². The van der Waals surface area contributed by atoms with Gasteiger partial charge in [0, 0.05) is 48.8 Å². The first-order valence-corrected chi connectivity index (χ1v) is 20.4. The van der Waals surface area contributed by atoms with Gasteiger partial charge in [-0.3, -0.25) is 0 Å². The maximum Gasteiger partial charge on any atom is 0.448 e. The highest BCUT2D eigenvalue weighted by molar-refractivity contribution is 7.99. The van der Waals surface area contributed by atoms with Crippen molar-refractivity contribution in [3.05, 3.63) is 179 Å². The van der Waals surface area contributed by atoms with Gasteiger partial charge in [-0.05, 0) is 54.1 Å². The fourth-order valence-corrected chi connectivity index (χ4v) is 10.1. The van der Waals surface area contributed by atoms with Gasteiger partial charge in [0.15, 0.2) is 41.9 Å². The number of rotatable bonds is 4. The summed E-state index contributed by atoms with van der Waals surface area (Å²) in [6, 6.07) is 31.1. The van der Waals surface area contributed by atoms with Crippen molar-refractivity contribution >= 4 is 35.8 Å². The number of pyridine rings is 2. The molecule has 0 amide bonds. The zero-order valence-corrected chi connectivity index (χ0v) is 32.9. The summed E-state index contributed by atoms with van der Waals surface area (Å²) in [5.74, 6) is -6.94. The number of thioether (sulfide) groups is 1. The molecule has 14 heteroatoms. The summed E-state index contributed by atoms with van der Waals surface area (Å²) in [4.78, 5) is -1.15. The van der Waals surface area contributed by atoms with E-state index in [2.05, 4.69) is 21.3 Å². The van der Waals surface area contributed by atoms with E-state index in [4.69, 9.17) is 4.74 Å². The Balaban J connectivity index is 1.23. The minimum atomic E-state index is -1.93. The third kappa shape index (κ3) is 6.00. The van der Waals surface area contributed by atoms with Gasteiger partial charge in [0.2, 0.25) is 17.1 Å². The molecule has 3 aromatic carbocycles. The molecule has 0 bridgehead atoms. The Morgan fingerprint density at radius 3 is 2.10 bits per heavy atom. The van der Waals surface area contributed by atoms with E-state index in [9.17, 15) is 20.4 Å². The third-order valence-corrected chi connectivity index (χ3v) is 13.1. The molecule has 6 unspecified atom stereocenters. The van der Waals surface area contributed by atoms with Crippen LogP contribution in [0.4, 0.5) is 17.6 Å². The Labute approximate surface area is 351 Å². The van der Waals surface area contributed by atoms with Gasteiger partial charge in [-0.25, -0.2) is 17.6 Å². The van der Waals surface area contributed by atoms with Gasteiger partial charge in [-0.15, -0.1) is 9.13 Å². The van der Waals surface area contributed by atoms with Gasteiger partial charge in [0.05, 0.1) is 39.5 Å². The predicted molar refractivity (Wildman–Crippen MR) is 219 cm³/mol. The fourth-order valence-electron chi connectivity index (χ4n) is 9.03. The van der Waals surface area contributed by atoms with Crippen LogP contribution in [-0.2, 0) is 10.4 Å². The number of aliphatic hydroxyl groups excluding tert-OH is 4. The van der Waals surface area contributed by atoms with Crippen molar-refractivity contribution < 1.29 is 56.4 Å². The normalized spacial score (nSPS) is 25.6. The topological polar surface area (TPSA) is 106 Å². The number of aliphatic hydroxyl groups is 4. The highest BCUT2D eigenvalue weighted by Crippen LogP contribution is 2.44. The summed E-state index contributed by atoms with van der Waals surface area (Å²) in [5, 5.41) is 40.9. The molecule has 10 rings (SSSR count). The molecule has 0 saturated carbocycles. The van der Waals surface area contributed by atoms with Gasteiger partial charge >= 0.3 is 5.66 Å². The lowest BCUT2D eigenvalue weighted by Gasteiger charge is -2.39. The number of aromatic nitrogens is 3. The zero-order chi connectivity index (χ0) is 42.2. The Bertz CT molecular complexity index is 2820. The maximum absolute atomic E-state index is 17.0. The molecule has 0 radical (unpaired) electrons. The number of fused-ring (bicyclic) bond motifs is 11. The van der Waals surface area contributed by atoms with Crippen LogP contribution >= 0.6 is 11.8 Å². The molecule has 6 aromatic rings. The monoisotopic (exact) mass is 845 g/mol. The minimum Gasteiger partial charge on any atom is -0.394 e. The van der Waals surface area contributed by atoms with Crippen molar-refractivity contribution in [3.63, 3.8) is 0 Å². The van der Waals surface area contributed by atoms with E-state index in [0.717, 1.165) is 33.6 Å². The van der Waals surface area contributed by atoms with Gasteiger partial charge in [-0.2, -0.15) is 4.58 Å². The van der Waals surface area contributed by atoms with E-state index in [1.807, 2.05) is 95.8 Å². The first kappa shape index (κ1) is 39.2. The van der Waals surface area contributed by atoms with E-state index >= 15 is 17.6 Å². The Kier molecular flexibility index (Phi) is 9.74. The van der Waals surface area contributed by atoms with Crippen LogP contribution in [0.2, 0.25) is 0 Å². The molecule has 9 nitrogen and oxygen atoms in total. The fraction of sp³-hybridized carbons (Fsp3) is 0.170. The number of nitrogens with zero attached hydrogens (tertiary/aromatic N) is 4. The Morgan fingerprint density at radius 1 is 0.721 bits per heavy atom. The summed E-state index contributed by atoms with van der Waals surface area (Å²) in [5.41, 5.74) is 2.02. The van der Waals surface area contributed by atoms with E-state index in [-0.39, 0.29) is 35.3 Å². The van der Waals surface area contributed by atoms with Gasteiger partial charge in [0.1, 0.15) is 35.4 Å². The van der Waals surface area contributed by atoms with Crippen LogP contribution in [0.15, 0.2) is 138 Å². The van der Waals surface area contributed by atoms with E-state index in [0.29, 0.717) is 0 Å². The number of hydrogen-bond acceptors (Lipinski definition) is 6. The summed E-state index contributed by atoms with van der Waals surface area (Å²) >= 11 is 0.0957. The number of allylic oxidation sites excluding steroid dienone is 2. The molecule has 1 saturated heterocycles. The van der Waals surface area contributed by atoms with Crippen molar-refractivity contribution in [1.82, 2.24) is 4.57 Å². The summed E-state index contributed by atoms with van der Waals surface area (Å²) in [6.07, 6.45) is 7.43. The van der Waals surface area contributed by atoms with E-state index in [1.165, 1.54) is 0 Å². The quantitative estimate of drug-likeness (QED) is 0.107. The van der Waals surface area contributed by atoms with Gasteiger partial charge < -0.3 is 29.7 Å². The molecule has 61 heavy (non-hydrogen) atoms. The zero-order valence-electron chi connectivity index (χ0n) is 32.1. The minimum absolute atomic E-state index is 0.0957.